The molecule has 6 heteroatoms. The highest BCUT2D eigenvalue weighted by Crippen LogP contribution is 2.18. The lowest BCUT2D eigenvalue weighted by Gasteiger charge is -2.21. The number of benzene rings is 1. The normalized spacial score (nSPS) is 11.8. The summed E-state index contributed by atoms with van der Waals surface area (Å²) >= 11 is 0. The summed E-state index contributed by atoms with van der Waals surface area (Å²) in [5, 5.41) is 9.03. The first-order valence-electron chi connectivity index (χ1n) is 7.59. The SMILES string of the molecule is Cc1ccc(OC(C)C(=O)N(C)Cc2cc(C(=O)O)c(C)o2)cc1. The van der Waals surface area contributed by atoms with Crippen LogP contribution in [0.4, 0.5) is 0 Å². The van der Waals surface area contributed by atoms with Crippen LogP contribution in [0.15, 0.2) is 34.7 Å². The molecule has 0 radical (unpaired) electrons. The minimum Gasteiger partial charge on any atom is -0.481 e. The van der Waals surface area contributed by atoms with Gasteiger partial charge in [-0.2, -0.15) is 0 Å². The summed E-state index contributed by atoms with van der Waals surface area (Å²) in [4.78, 5) is 24.9. The van der Waals surface area contributed by atoms with Crippen LogP contribution in [0.3, 0.4) is 0 Å². The fraction of sp³-hybridized carbons (Fsp3) is 0.333. The van der Waals surface area contributed by atoms with E-state index in [1.165, 1.54) is 11.0 Å². The van der Waals surface area contributed by atoms with E-state index >= 15 is 0 Å². The predicted octanol–water partition coefficient (Wildman–Crippen LogP) is 3.02. The van der Waals surface area contributed by atoms with Crippen LogP contribution in [-0.2, 0) is 11.3 Å². The van der Waals surface area contributed by atoms with Crippen LogP contribution in [0.1, 0.15) is 34.4 Å². The maximum absolute atomic E-state index is 12.4. The molecule has 0 aliphatic rings. The Morgan fingerprint density at radius 3 is 2.42 bits per heavy atom. The second-order valence-corrected chi connectivity index (χ2v) is 5.76. The van der Waals surface area contributed by atoms with Gasteiger partial charge in [0.1, 0.15) is 22.8 Å². The van der Waals surface area contributed by atoms with Crippen molar-refractivity contribution in [2.45, 2.75) is 33.4 Å². The first-order valence-corrected chi connectivity index (χ1v) is 7.59. The van der Waals surface area contributed by atoms with Gasteiger partial charge in [-0.05, 0) is 39.0 Å². The molecule has 0 fully saturated rings. The Morgan fingerprint density at radius 2 is 1.88 bits per heavy atom. The van der Waals surface area contributed by atoms with Crippen LogP contribution in [0.2, 0.25) is 0 Å². The highest BCUT2D eigenvalue weighted by Gasteiger charge is 2.21. The minimum atomic E-state index is -1.05. The zero-order valence-corrected chi connectivity index (χ0v) is 14.2. The maximum Gasteiger partial charge on any atom is 0.339 e. The molecule has 1 amide bonds. The lowest BCUT2D eigenvalue weighted by Crippen LogP contribution is -2.37. The number of furan rings is 1. The highest BCUT2D eigenvalue weighted by atomic mass is 16.5. The molecule has 1 aromatic carbocycles. The Morgan fingerprint density at radius 1 is 1.25 bits per heavy atom. The monoisotopic (exact) mass is 331 g/mol. The largest absolute Gasteiger partial charge is 0.481 e. The zero-order valence-electron chi connectivity index (χ0n) is 14.2. The topological polar surface area (TPSA) is 80.0 Å². The number of aromatic carboxylic acids is 1. The van der Waals surface area contributed by atoms with Crippen LogP contribution >= 0.6 is 0 Å². The average molecular weight is 331 g/mol. The van der Waals surface area contributed by atoms with Crippen molar-refractivity contribution in [1.82, 2.24) is 4.90 Å². The number of hydrogen-bond donors (Lipinski definition) is 1. The van der Waals surface area contributed by atoms with E-state index < -0.39 is 12.1 Å². The Bertz CT molecular complexity index is 732. The van der Waals surface area contributed by atoms with Gasteiger partial charge < -0.3 is 19.2 Å². The molecule has 1 N–H and O–H groups in total. The molecule has 2 aromatic rings. The van der Waals surface area contributed by atoms with E-state index in [1.807, 2.05) is 31.2 Å². The number of rotatable bonds is 6. The van der Waals surface area contributed by atoms with Gasteiger partial charge in [-0.15, -0.1) is 0 Å². The van der Waals surface area contributed by atoms with Crippen molar-refractivity contribution in [2.75, 3.05) is 7.05 Å². The number of hydrogen-bond acceptors (Lipinski definition) is 4. The van der Waals surface area contributed by atoms with Gasteiger partial charge in [0.15, 0.2) is 6.10 Å². The van der Waals surface area contributed by atoms with Crippen molar-refractivity contribution in [3.8, 4) is 5.75 Å². The molecule has 128 valence electrons. The van der Waals surface area contributed by atoms with Crippen molar-refractivity contribution in [1.29, 1.82) is 0 Å². The summed E-state index contributed by atoms with van der Waals surface area (Å²) in [5.41, 5.74) is 1.22. The number of nitrogens with zero attached hydrogens (tertiary/aromatic N) is 1. The van der Waals surface area contributed by atoms with Gasteiger partial charge in [0.25, 0.3) is 5.91 Å². The number of carbonyl (C=O) groups excluding carboxylic acids is 1. The lowest BCUT2D eigenvalue weighted by molar-refractivity contribution is -0.137. The summed E-state index contributed by atoms with van der Waals surface area (Å²) in [6.45, 7) is 5.41. The van der Waals surface area contributed by atoms with Gasteiger partial charge in [0, 0.05) is 7.05 Å². The van der Waals surface area contributed by atoms with Crippen LogP contribution < -0.4 is 4.74 Å². The molecule has 6 nitrogen and oxygen atoms in total. The average Bonchev–Trinajstić information content (AvgIpc) is 2.89. The third-order valence-corrected chi connectivity index (χ3v) is 3.65. The molecule has 0 aliphatic carbocycles. The molecule has 1 aromatic heterocycles. The van der Waals surface area contributed by atoms with Crippen molar-refractivity contribution in [3.05, 3.63) is 53.0 Å². The molecule has 24 heavy (non-hydrogen) atoms. The first kappa shape index (κ1) is 17.6. The van der Waals surface area contributed by atoms with Crippen molar-refractivity contribution < 1.29 is 23.8 Å². The Hall–Kier alpha value is -2.76. The zero-order chi connectivity index (χ0) is 17.9. The smallest absolute Gasteiger partial charge is 0.339 e. The van der Waals surface area contributed by atoms with E-state index in [0.717, 1.165) is 5.56 Å². The molecule has 0 aliphatic heterocycles. The van der Waals surface area contributed by atoms with Gasteiger partial charge in [0.2, 0.25) is 0 Å². The summed E-state index contributed by atoms with van der Waals surface area (Å²) < 4.78 is 11.0. The summed E-state index contributed by atoms with van der Waals surface area (Å²) in [6, 6.07) is 8.89. The van der Waals surface area contributed by atoms with E-state index in [4.69, 9.17) is 14.3 Å². The molecule has 0 bridgehead atoms. The van der Waals surface area contributed by atoms with Crippen LogP contribution in [0.5, 0.6) is 5.75 Å². The Kier molecular flexibility index (Phi) is 5.28. The molecular formula is C18H21NO5. The molecule has 1 heterocycles. The standard InChI is InChI=1S/C18H21NO5/c1-11-5-7-14(8-6-11)24-13(3)17(20)19(4)10-15-9-16(18(21)22)12(2)23-15/h5-9,13H,10H2,1-4H3,(H,21,22). The number of aryl methyl sites for hydroxylation is 2. The molecule has 0 saturated carbocycles. The lowest BCUT2D eigenvalue weighted by atomic mass is 10.2. The quantitative estimate of drug-likeness (QED) is 0.880. The van der Waals surface area contributed by atoms with Crippen molar-refractivity contribution >= 4 is 11.9 Å². The second kappa shape index (κ2) is 7.21. The fourth-order valence-corrected chi connectivity index (χ4v) is 2.33. The van der Waals surface area contributed by atoms with Crippen LogP contribution in [-0.4, -0.2) is 35.0 Å². The fourth-order valence-electron chi connectivity index (χ4n) is 2.33. The summed E-state index contributed by atoms with van der Waals surface area (Å²) in [6.07, 6.45) is -0.660. The molecule has 1 atom stereocenters. The van der Waals surface area contributed by atoms with Crippen LogP contribution in [0.25, 0.3) is 0 Å². The van der Waals surface area contributed by atoms with Crippen molar-refractivity contribution in [2.24, 2.45) is 0 Å². The third kappa shape index (κ3) is 4.16. The number of likely N-dealkylation sites (N-methyl/N-ethyl adjacent to an activating group) is 1. The predicted molar refractivity (Wildman–Crippen MR) is 88.1 cm³/mol. The van der Waals surface area contributed by atoms with E-state index in [-0.39, 0.29) is 18.0 Å². The van der Waals surface area contributed by atoms with E-state index in [9.17, 15) is 9.59 Å². The van der Waals surface area contributed by atoms with Crippen LogP contribution in [0, 0.1) is 13.8 Å². The molecule has 0 spiro atoms. The maximum atomic E-state index is 12.4. The Balaban J connectivity index is 1.99. The number of carboxylic acid groups (broad SMARTS) is 1. The Labute approximate surface area is 140 Å². The number of amides is 1. The van der Waals surface area contributed by atoms with Gasteiger partial charge in [-0.1, -0.05) is 17.7 Å². The van der Waals surface area contributed by atoms with E-state index in [1.54, 1.807) is 20.9 Å². The van der Waals surface area contributed by atoms with Gasteiger partial charge in [0.05, 0.1) is 6.54 Å². The first-order chi connectivity index (χ1) is 11.3. The second-order valence-electron chi connectivity index (χ2n) is 5.76. The summed E-state index contributed by atoms with van der Waals surface area (Å²) in [7, 11) is 1.62. The van der Waals surface area contributed by atoms with Gasteiger partial charge >= 0.3 is 5.97 Å². The van der Waals surface area contributed by atoms with Gasteiger partial charge in [-0.25, -0.2) is 4.79 Å². The molecule has 0 saturated heterocycles. The number of carbonyl (C=O) groups is 2. The van der Waals surface area contributed by atoms with Crippen molar-refractivity contribution in [3.63, 3.8) is 0 Å². The molecule has 2 rings (SSSR count). The molecular weight excluding hydrogens is 310 g/mol. The number of ether oxygens (including phenoxy) is 1. The van der Waals surface area contributed by atoms with E-state index in [0.29, 0.717) is 17.3 Å². The number of carboxylic acids is 1. The summed E-state index contributed by atoms with van der Waals surface area (Å²) in [5.74, 6) is 0.0940. The van der Waals surface area contributed by atoms with E-state index in [2.05, 4.69) is 0 Å². The third-order valence-electron chi connectivity index (χ3n) is 3.65. The van der Waals surface area contributed by atoms with Gasteiger partial charge in [-0.3, -0.25) is 4.79 Å². The minimum absolute atomic E-state index is 0.106. The highest BCUT2D eigenvalue weighted by molar-refractivity contribution is 5.88. The molecule has 1 unspecified atom stereocenters.